The van der Waals surface area contributed by atoms with Gasteiger partial charge in [0.05, 0.1) is 16.5 Å². The quantitative estimate of drug-likeness (QED) is 0.158. The van der Waals surface area contributed by atoms with E-state index in [9.17, 15) is 0 Å². The maximum absolute atomic E-state index is 6.37. The van der Waals surface area contributed by atoms with Crippen molar-refractivity contribution in [3.63, 3.8) is 0 Å². The fourth-order valence-electron chi connectivity index (χ4n) is 14.0. The van der Waals surface area contributed by atoms with Crippen molar-refractivity contribution in [2.24, 2.45) is 0 Å². The fraction of sp³-hybridized carbons (Fsp3) is 0.0270. The van der Waals surface area contributed by atoms with E-state index < -0.39 is 10.8 Å². The van der Waals surface area contributed by atoms with Crippen LogP contribution in [0.2, 0.25) is 0 Å². The second kappa shape index (κ2) is 16.4. The predicted octanol–water partition coefficient (Wildman–Crippen LogP) is 19.1. The van der Waals surface area contributed by atoms with Crippen molar-refractivity contribution < 1.29 is 4.42 Å². The molecule has 0 amide bonds. The first-order valence-electron chi connectivity index (χ1n) is 26.4. The van der Waals surface area contributed by atoms with Crippen molar-refractivity contribution in [3.05, 3.63) is 330 Å². The first kappa shape index (κ1) is 42.7. The first-order chi connectivity index (χ1) is 37.7. The van der Waals surface area contributed by atoms with Crippen LogP contribution in [0.25, 0.3) is 77.6 Å². The molecular formula is C74H47NO. The van der Waals surface area contributed by atoms with E-state index >= 15 is 0 Å². The minimum Gasteiger partial charge on any atom is -0.456 e. The molecule has 0 atom stereocenters. The molecule has 76 heavy (non-hydrogen) atoms. The highest BCUT2D eigenvalue weighted by Crippen LogP contribution is 2.65. The van der Waals surface area contributed by atoms with Gasteiger partial charge in [0.15, 0.2) is 0 Å². The van der Waals surface area contributed by atoms with Crippen molar-refractivity contribution in [2.45, 2.75) is 10.8 Å². The molecule has 0 bridgehead atoms. The summed E-state index contributed by atoms with van der Waals surface area (Å²) in [6.07, 6.45) is 0. The lowest BCUT2D eigenvalue weighted by Crippen LogP contribution is -2.28. The average Bonchev–Trinajstić information content (AvgIpc) is 4.39. The molecule has 0 fully saturated rings. The summed E-state index contributed by atoms with van der Waals surface area (Å²) in [7, 11) is 0. The number of benzene rings is 12. The third-order valence-corrected chi connectivity index (χ3v) is 17.0. The van der Waals surface area contributed by atoms with Gasteiger partial charge in [0.1, 0.15) is 11.2 Å². The maximum Gasteiger partial charge on any atom is 0.136 e. The van der Waals surface area contributed by atoms with E-state index in [4.69, 9.17) is 4.42 Å². The monoisotopic (exact) mass is 965 g/mol. The number of nitrogens with zero attached hydrogens (tertiary/aromatic N) is 1. The molecular weight excluding hydrogens is 919 g/mol. The Labute approximate surface area is 442 Å². The van der Waals surface area contributed by atoms with Crippen LogP contribution in [0.3, 0.4) is 0 Å². The molecule has 354 valence electrons. The lowest BCUT2D eigenvalue weighted by Gasteiger charge is -2.34. The maximum atomic E-state index is 6.37. The third-order valence-electron chi connectivity index (χ3n) is 17.0. The standard InChI is InChI=1S/C74H47NO/c1-3-19-51(20-4-1)73(52-21-5-2-6-22-52)64-31-14-9-26-60(64)71-55(28-17-33-66(71)73)49-39-44-54(45-40-49)75(53-42-37-48(38-43-53)50-41-46-59-58-25-11-16-36-69(58)76-70(59)47-50)68-35-18-34-67-72(68)61-27-10-15-32-65(61)74(67)62-29-12-7-23-56(62)57-24-8-13-30-63(57)74/h1-47H. The molecule has 0 N–H and O–H groups in total. The number of hydrogen-bond acceptors (Lipinski definition) is 2. The van der Waals surface area contributed by atoms with Gasteiger partial charge in [0.2, 0.25) is 0 Å². The van der Waals surface area contributed by atoms with Crippen LogP contribution in [-0.4, -0.2) is 0 Å². The first-order valence-corrected chi connectivity index (χ1v) is 26.4. The minimum atomic E-state index is -0.479. The van der Waals surface area contributed by atoms with Gasteiger partial charge in [0.25, 0.3) is 0 Å². The van der Waals surface area contributed by atoms with Crippen LogP contribution in [0.15, 0.2) is 290 Å². The zero-order valence-electron chi connectivity index (χ0n) is 41.5. The smallest absolute Gasteiger partial charge is 0.136 e. The molecule has 16 rings (SSSR count). The van der Waals surface area contributed by atoms with Gasteiger partial charge < -0.3 is 9.32 Å². The summed E-state index contributed by atoms with van der Waals surface area (Å²) in [6, 6.07) is 106. The van der Waals surface area contributed by atoms with Crippen LogP contribution in [-0.2, 0) is 10.8 Å². The van der Waals surface area contributed by atoms with Crippen molar-refractivity contribution in [1.29, 1.82) is 0 Å². The summed E-state index contributed by atoms with van der Waals surface area (Å²) in [6.45, 7) is 0. The van der Waals surface area contributed by atoms with Crippen LogP contribution in [0.5, 0.6) is 0 Å². The molecule has 3 aliphatic carbocycles. The number of hydrogen-bond donors (Lipinski definition) is 0. The molecule has 0 unspecified atom stereocenters. The lowest BCUT2D eigenvalue weighted by atomic mass is 9.67. The van der Waals surface area contributed by atoms with Gasteiger partial charge in [-0.25, -0.2) is 0 Å². The molecule has 12 aromatic carbocycles. The lowest BCUT2D eigenvalue weighted by molar-refractivity contribution is 0.669. The summed E-state index contributed by atoms with van der Waals surface area (Å²) >= 11 is 0. The fourth-order valence-corrected chi connectivity index (χ4v) is 14.0. The van der Waals surface area contributed by atoms with Gasteiger partial charge in [0, 0.05) is 27.7 Å². The zero-order chi connectivity index (χ0) is 50.0. The summed E-state index contributed by atoms with van der Waals surface area (Å²) in [4.78, 5) is 2.48. The summed E-state index contributed by atoms with van der Waals surface area (Å²) in [5.74, 6) is 0. The Kier molecular flexibility index (Phi) is 9.20. The highest BCUT2D eigenvalue weighted by molar-refractivity contribution is 6.06. The highest BCUT2D eigenvalue weighted by Gasteiger charge is 2.52. The van der Waals surface area contributed by atoms with E-state index in [1.165, 1.54) is 89.0 Å². The molecule has 13 aromatic rings. The Morgan fingerprint density at radius 3 is 1.33 bits per heavy atom. The normalized spacial score (nSPS) is 13.7. The second-order valence-corrected chi connectivity index (χ2v) is 20.6. The molecule has 0 radical (unpaired) electrons. The Bertz CT molecular complexity index is 4370. The predicted molar refractivity (Wildman–Crippen MR) is 313 cm³/mol. The molecule has 2 nitrogen and oxygen atoms in total. The highest BCUT2D eigenvalue weighted by atomic mass is 16.3. The number of para-hydroxylation sites is 1. The third kappa shape index (κ3) is 5.81. The minimum absolute atomic E-state index is 0.470. The van der Waals surface area contributed by atoms with Crippen molar-refractivity contribution in [3.8, 4) is 55.6 Å². The van der Waals surface area contributed by atoms with Crippen LogP contribution in [0.1, 0.15) is 44.5 Å². The van der Waals surface area contributed by atoms with Crippen molar-refractivity contribution in [1.82, 2.24) is 0 Å². The summed E-state index contributed by atoms with van der Waals surface area (Å²) in [5, 5.41) is 2.27. The van der Waals surface area contributed by atoms with E-state index in [-0.39, 0.29) is 0 Å². The largest absolute Gasteiger partial charge is 0.456 e. The topological polar surface area (TPSA) is 16.4 Å². The molecule has 2 heteroatoms. The van der Waals surface area contributed by atoms with Crippen LogP contribution in [0, 0.1) is 0 Å². The van der Waals surface area contributed by atoms with Gasteiger partial charge >= 0.3 is 0 Å². The van der Waals surface area contributed by atoms with Crippen LogP contribution >= 0.6 is 0 Å². The van der Waals surface area contributed by atoms with E-state index in [1.807, 2.05) is 12.1 Å². The van der Waals surface area contributed by atoms with E-state index in [0.717, 1.165) is 50.1 Å². The molecule has 1 spiro atoms. The Hall–Kier alpha value is -9.76. The van der Waals surface area contributed by atoms with E-state index in [2.05, 4.69) is 278 Å². The van der Waals surface area contributed by atoms with Gasteiger partial charge in [-0.3, -0.25) is 0 Å². The Morgan fingerprint density at radius 2 is 0.697 bits per heavy atom. The molecule has 0 saturated carbocycles. The Balaban J connectivity index is 0.884. The van der Waals surface area contributed by atoms with Crippen molar-refractivity contribution in [2.75, 3.05) is 4.90 Å². The second-order valence-electron chi connectivity index (χ2n) is 20.6. The molecule has 0 saturated heterocycles. The van der Waals surface area contributed by atoms with Crippen LogP contribution < -0.4 is 4.90 Å². The van der Waals surface area contributed by atoms with E-state index in [1.54, 1.807) is 0 Å². The van der Waals surface area contributed by atoms with Crippen LogP contribution in [0.4, 0.5) is 17.1 Å². The molecule has 1 heterocycles. The summed E-state index contributed by atoms with van der Waals surface area (Å²) in [5.41, 5.74) is 26.9. The van der Waals surface area contributed by atoms with E-state index in [0.29, 0.717) is 0 Å². The Morgan fingerprint density at radius 1 is 0.263 bits per heavy atom. The number of rotatable bonds is 7. The van der Waals surface area contributed by atoms with Gasteiger partial charge in [-0.15, -0.1) is 0 Å². The molecule has 0 aliphatic heterocycles. The zero-order valence-corrected chi connectivity index (χ0v) is 41.5. The molecule has 1 aromatic heterocycles. The van der Waals surface area contributed by atoms with Gasteiger partial charge in [-0.1, -0.05) is 237 Å². The molecule has 3 aliphatic rings. The number of anilines is 3. The number of furan rings is 1. The van der Waals surface area contributed by atoms with Crippen molar-refractivity contribution >= 4 is 39.0 Å². The average molecular weight is 966 g/mol. The van der Waals surface area contributed by atoms with Gasteiger partial charge in [-0.2, -0.15) is 0 Å². The number of fused-ring (bicyclic) bond motifs is 16. The SMILES string of the molecule is c1ccc(C2(c3ccccc3)c3ccccc3-c3c(-c4ccc(N(c5ccc(-c6ccc7c(c6)oc6ccccc67)cc5)c5cccc6c5-c5ccccc5C65c6ccccc6-c6ccccc65)cc4)cccc32)cc1. The van der Waals surface area contributed by atoms with Gasteiger partial charge in [-0.05, 0) is 143 Å². The summed E-state index contributed by atoms with van der Waals surface area (Å²) < 4.78 is 6.37.